The van der Waals surface area contributed by atoms with E-state index in [4.69, 9.17) is 19.1 Å². The second-order valence-electron chi connectivity index (χ2n) is 19.1. The number of aromatic nitrogens is 3. The maximum absolute atomic E-state index is 13.3. The summed E-state index contributed by atoms with van der Waals surface area (Å²) in [5.41, 5.74) is 10.6. The molecule has 6 heterocycles. The van der Waals surface area contributed by atoms with Gasteiger partial charge in [0.1, 0.15) is 17.4 Å². The number of aryl methyl sites for hydroxylation is 1. The number of furan rings is 1. The molecule has 300 valence electrons. The van der Waals surface area contributed by atoms with Crippen LogP contribution in [-0.2, 0) is 29.0 Å². The third kappa shape index (κ3) is 7.28. The Hall–Kier alpha value is -4.54. The summed E-state index contributed by atoms with van der Waals surface area (Å²) in [4.78, 5) is 35.4. The number of para-hydroxylation sites is 1. The van der Waals surface area contributed by atoms with E-state index < -0.39 is 17.7 Å². The molecule has 3 aromatic heterocycles. The molecule has 2 saturated heterocycles. The van der Waals surface area contributed by atoms with E-state index in [1.807, 2.05) is 52.0 Å². The van der Waals surface area contributed by atoms with Crippen molar-refractivity contribution in [2.75, 3.05) is 42.5 Å². The van der Waals surface area contributed by atoms with Crippen molar-refractivity contribution in [2.24, 2.45) is 10.8 Å². The van der Waals surface area contributed by atoms with Crippen molar-refractivity contribution >= 4 is 39.5 Å². The van der Waals surface area contributed by atoms with Crippen molar-refractivity contribution < 1.29 is 19.1 Å². The van der Waals surface area contributed by atoms with Crippen LogP contribution < -0.4 is 9.80 Å². The van der Waals surface area contributed by atoms with E-state index in [0.717, 1.165) is 115 Å². The van der Waals surface area contributed by atoms with Crippen LogP contribution in [0, 0.1) is 17.8 Å². The highest BCUT2D eigenvalue weighted by Gasteiger charge is 2.41. The third-order valence-corrected chi connectivity index (χ3v) is 13.5. The molecule has 4 aliphatic rings. The van der Waals surface area contributed by atoms with Crippen molar-refractivity contribution in [3.63, 3.8) is 0 Å². The van der Waals surface area contributed by atoms with E-state index in [0.29, 0.717) is 17.5 Å². The Bertz CT molecular complexity index is 2320. The summed E-state index contributed by atoms with van der Waals surface area (Å²) in [6.07, 6.45) is 9.96. The number of fused-ring (bicyclic) bond motifs is 4. The maximum Gasteiger partial charge on any atom is 0.337 e. The molecule has 3 fully saturated rings. The van der Waals surface area contributed by atoms with Crippen LogP contribution in [0.25, 0.3) is 33.2 Å². The van der Waals surface area contributed by atoms with Crippen LogP contribution in [0.4, 0.5) is 11.5 Å². The lowest BCUT2D eigenvalue weighted by Crippen LogP contribution is -2.43. The first-order valence-electron chi connectivity index (χ1n) is 21.2. The van der Waals surface area contributed by atoms with Crippen molar-refractivity contribution in [2.45, 2.75) is 118 Å². The van der Waals surface area contributed by atoms with Gasteiger partial charge in [0, 0.05) is 54.9 Å². The normalized spacial score (nSPS) is 20.2. The predicted octanol–water partition coefficient (Wildman–Crippen LogP) is 9.64. The molecule has 3 aliphatic heterocycles. The Morgan fingerprint density at radius 3 is 2.39 bits per heavy atom. The molecule has 0 radical (unpaired) electrons. The average molecular weight is 771 g/mol. The van der Waals surface area contributed by atoms with Crippen LogP contribution in [-0.4, -0.2) is 69.3 Å². The van der Waals surface area contributed by atoms with Crippen molar-refractivity contribution in [3.05, 3.63) is 76.9 Å². The van der Waals surface area contributed by atoms with Gasteiger partial charge in [-0.05, 0) is 125 Å². The number of rotatable bonds is 8. The minimum Gasteiger partial charge on any atom is -0.479 e. The van der Waals surface area contributed by atoms with Crippen LogP contribution in [0.1, 0.15) is 114 Å². The minimum absolute atomic E-state index is 0.219. The molecule has 1 unspecified atom stereocenters. The number of piperidine rings is 2. The molecule has 0 bridgehead atoms. The highest BCUT2D eigenvalue weighted by Crippen LogP contribution is 2.50. The number of benzene rings is 2. The zero-order valence-electron chi connectivity index (χ0n) is 34.7. The first-order valence-corrected chi connectivity index (χ1v) is 21.2. The van der Waals surface area contributed by atoms with Crippen LogP contribution in [0.15, 0.2) is 53.2 Å². The van der Waals surface area contributed by atoms with Gasteiger partial charge in [-0.15, -0.1) is 0 Å². The molecule has 1 spiro atoms. The quantitative estimate of drug-likeness (QED) is 0.164. The Kier molecular flexibility index (Phi) is 9.59. The number of nitrogens with zero attached hydrogens (tertiary/aromatic N) is 6. The fourth-order valence-corrected chi connectivity index (χ4v) is 9.94. The predicted molar refractivity (Wildman–Crippen MR) is 226 cm³/mol. The number of aliphatic carboxylic acids is 1. The lowest BCUT2D eigenvalue weighted by Gasteiger charge is -2.48. The van der Waals surface area contributed by atoms with Gasteiger partial charge < -0.3 is 24.1 Å². The summed E-state index contributed by atoms with van der Waals surface area (Å²) in [5.74, 6) is -0.164. The number of carboxylic acids is 1. The standard InChI is InChI=1S/C47H58N6O4/c1-30-37(41(44(54)55)57-45(2,3)4)40(52-24-17-46(5,6)18-25-52)38(35(50-30)28-51-22-19-47(20-23-51)15-9-16-47)32-12-13-33-27-53(21-14-31(33)26-32)43-42-39(48-29-49-43)34-10-7-8-11-36(34)56-42/h7-8,10-13,26,29,41H,9,14-25,27-28H2,1-6H3,(H,54,55). The second-order valence-corrected chi connectivity index (χ2v) is 19.1. The lowest BCUT2D eigenvalue weighted by molar-refractivity contribution is -0.160. The number of hydrogen-bond donors (Lipinski definition) is 1. The number of carboxylic acid groups (broad SMARTS) is 1. The Morgan fingerprint density at radius 1 is 0.930 bits per heavy atom. The molecule has 1 N–H and O–H groups in total. The van der Waals surface area contributed by atoms with Crippen LogP contribution in [0.5, 0.6) is 0 Å². The number of anilines is 2. The average Bonchev–Trinajstić information content (AvgIpc) is 3.55. The Balaban J connectivity index is 1.15. The van der Waals surface area contributed by atoms with Crippen molar-refractivity contribution in [1.29, 1.82) is 0 Å². The summed E-state index contributed by atoms with van der Waals surface area (Å²) < 4.78 is 12.8. The topological polar surface area (TPSA) is 108 Å². The van der Waals surface area contributed by atoms with Crippen LogP contribution >= 0.6 is 0 Å². The molecule has 10 nitrogen and oxygen atoms in total. The zero-order chi connectivity index (χ0) is 39.7. The number of pyridine rings is 1. The molecule has 2 aromatic carbocycles. The molecule has 57 heavy (non-hydrogen) atoms. The molecule has 0 amide bonds. The monoisotopic (exact) mass is 770 g/mol. The van der Waals surface area contributed by atoms with Gasteiger partial charge in [0.05, 0.1) is 17.0 Å². The van der Waals surface area contributed by atoms with Gasteiger partial charge in [0.25, 0.3) is 0 Å². The first kappa shape index (κ1) is 38.0. The van der Waals surface area contributed by atoms with Gasteiger partial charge in [-0.3, -0.25) is 9.88 Å². The number of hydrogen-bond acceptors (Lipinski definition) is 9. The summed E-state index contributed by atoms with van der Waals surface area (Å²) in [5, 5.41) is 11.9. The molecular formula is C47H58N6O4. The minimum atomic E-state index is -1.15. The zero-order valence-corrected chi connectivity index (χ0v) is 34.7. The Morgan fingerprint density at radius 2 is 1.68 bits per heavy atom. The highest BCUT2D eigenvalue weighted by molar-refractivity contribution is 6.05. The highest BCUT2D eigenvalue weighted by atomic mass is 16.5. The van der Waals surface area contributed by atoms with Gasteiger partial charge in [0.15, 0.2) is 17.5 Å². The molecular weight excluding hydrogens is 713 g/mol. The van der Waals surface area contributed by atoms with E-state index in [2.05, 4.69) is 51.7 Å². The molecule has 1 aliphatic carbocycles. The summed E-state index contributed by atoms with van der Waals surface area (Å²) >= 11 is 0. The van der Waals surface area contributed by atoms with Crippen molar-refractivity contribution in [1.82, 2.24) is 19.9 Å². The summed E-state index contributed by atoms with van der Waals surface area (Å²) in [6, 6.07) is 14.9. The summed E-state index contributed by atoms with van der Waals surface area (Å²) in [6.45, 7) is 18.5. The largest absolute Gasteiger partial charge is 0.479 e. The smallest absolute Gasteiger partial charge is 0.337 e. The molecule has 5 aromatic rings. The van der Waals surface area contributed by atoms with E-state index in [-0.39, 0.29) is 5.41 Å². The maximum atomic E-state index is 13.3. The van der Waals surface area contributed by atoms with Gasteiger partial charge >= 0.3 is 5.97 Å². The molecule has 10 heteroatoms. The number of carbonyl (C=O) groups is 1. The summed E-state index contributed by atoms with van der Waals surface area (Å²) in [7, 11) is 0. The van der Waals surface area contributed by atoms with Gasteiger partial charge in [0.2, 0.25) is 0 Å². The van der Waals surface area contributed by atoms with E-state index in [9.17, 15) is 9.90 Å². The SMILES string of the molecule is Cc1nc(CN2CCC3(CCC3)CC2)c(-c2ccc3c(c2)CCN(c2ncnc4c2oc2ccccc24)C3)c(N2CCC(C)(C)CC2)c1C(OC(C)(C)C)C(=O)O. The van der Waals surface area contributed by atoms with E-state index >= 15 is 0 Å². The van der Waals surface area contributed by atoms with E-state index in [1.54, 1.807) is 6.33 Å². The van der Waals surface area contributed by atoms with Gasteiger partial charge in [-0.1, -0.05) is 50.6 Å². The first-order chi connectivity index (χ1) is 27.3. The second kappa shape index (κ2) is 14.4. The fourth-order valence-electron chi connectivity index (χ4n) is 9.94. The van der Waals surface area contributed by atoms with Crippen molar-refractivity contribution in [3.8, 4) is 11.1 Å². The fraction of sp³-hybridized carbons (Fsp3) is 0.532. The Labute approximate surface area is 336 Å². The molecule has 1 saturated carbocycles. The number of ether oxygens (including phenoxy) is 1. The van der Waals surface area contributed by atoms with Gasteiger partial charge in [-0.25, -0.2) is 14.8 Å². The van der Waals surface area contributed by atoms with E-state index in [1.165, 1.54) is 43.2 Å². The van der Waals surface area contributed by atoms with Crippen LogP contribution in [0.3, 0.4) is 0 Å². The van der Waals surface area contributed by atoms with Crippen LogP contribution in [0.2, 0.25) is 0 Å². The third-order valence-electron chi connectivity index (χ3n) is 13.5. The molecule has 1 atom stereocenters. The van der Waals surface area contributed by atoms with Gasteiger partial charge in [-0.2, -0.15) is 0 Å². The number of likely N-dealkylation sites (tertiary alicyclic amines) is 1. The lowest BCUT2D eigenvalue weighted by atomic mass is 9.63. The molecule has 9 rings (SSSR count).